The normalized spacial score (nSPS) is 13.6. The first-order chi connectivity index (χ1) is 17.5. The minimum Gasteiger partial charge on any atom is -0.455 e. The number of fused-ring (bicyclic) bond motifs is 6. The van der Waals surface area contributed by atoms with Crippen LogP contribution in [0.1, 0.15) is 25.0 Å². The van der Waals surface area contributed by atoms with E-state index in [1.165, 1.54) is 27.9 Å². The van der Waals surface area contributed by atoms with Gasteiger partial charge in [-0.1, -0.05) is 92.7 Å². The summed E-state index contributed by atoms with van der Waals surface area (Å²) >= 11 is 0. The zero-order chi connectivity index (χ0) is 24.4. The van der Waals surface area contributed by atoms with E-state index in [-0.39, 0.29) is 5.41 Å². The Kier molecular flexibility index (Phi) is 4.44. The van der Waals surface area contributed by atoms with Crippen molar-refractivity contribution in [1.29, 1.82) is 0 Å². The minimum atomic E-state index is -0.00208. The molecule has 0 saturated heterocycles. The highest BCUT2D eigenvalue weighted by Gasteiger charge is 2.35. The summed E-state index contributed by atoms with van der Waals surface area (Å²) in [6, 6.07) is 39.1. The van der Waals surface area contributed by atoms with Crippen LogP contribution >= 0.6 is 0 Å². The van der Waals surface area contributed by atoms with Crippen molar-refractivity contribution in [1.82, 2.24) is 0 Å². The fourth-order valence-electron chi connectivity index (χ4n) is 5.89. The van der Waals surface area contributed by atoms with Crippen molar-refractivity contribution in [2.24, 2.45) is 0 Å². The predicted octanol–water partition coefficient (Wildman–Crippen LogP) is 9.33. The molecule has 0 spiro atoms. The van der Waals surface area contributed by atoms with Crippen LogP contribution in [0.2, 0.25) is 0 Å². The van der Waals surface area contributed by atoms with Crippen LogP contribution in [-0.4, -0.2) is 7.05 Å². The van der Waals surface area contributed by atoms with Crippen LogP contribution in [0.5, 0.6) is 0 Å². The largest absolute Gasteiger partial charge is 0.455 e. The van der Waals surface area contributed by atoms with Gasteiger partial charge in [0.15, 0.2) is 0 Å². The molecule has 2 heteroatoms. The molecule has 1 heterocycles. The molecule has 0 amide bonds. The van der Waals surface area contributed by atoms with Gasteiger partial charge in [-0.05, 0) is 58.1 Å². The average Bonchev–Trinajstić information content (AvgIpc) is 3.41. The lowest BCUT2D eigenvalue weighted by Crippen LogP contribution is -2.16. The summed E-state index contributed by atoms with van der Waals surface area (Å²) in [7, 11) is 2.14. The Bertz CT molecular complexity index is 1770. The fraction of sp³-hybridized carbons (Fsp3) is 0.118. The van der Waals surface area contributed by atoms with E-state index in [0.717, 1.165) is 38.8 Å². The first kappa shape index (κ1) is 21.0. The van der Waals surface area contributed by atoms with Crippen molar-refractivity contribution in [2.75, 3.05) is 11.9 Å². The van der Waals surface area contributed by atoms with Crippen molar-refractivity contribution in [2.45, 2.75) is 19.3 Å². The fourth-order valence-corrected chi connectivity index (χ4v) is 5.89. The van der Waals surface area contributed by atoms with Crippen molar-refractivity contribution in [3.05, 3.63) is 120 Å². The third-order valence-corrected chi connectivity index (χ3v) is 7.92. The molecule has 0 aliphatic heterocycles. The molecule has 6 aromatic rings. The molecule has 1 aliphatic rings. The van der Waals surface area contributed by atoms with Crippen LogP contribution in [0, 0.1) is 0 Å². The van der Waals surface area contributed by atoms with Gasteiger partial charge < -0.3 is 9.32 Å². The van der Waals surface area contributed by atoms with E-state index in [2.05, 4.69) is 123 Å². The third-order valence-electron chi connectivity index (χ3n) is 7.92. The highest BCUT2D eigenvalue weighted by Crippen LogP contribution is 2.49. The topological polar surface area (TPSA) is 16.4 Å². The number of para-hydroxylation sites is 2. The molecule has 0 saturated carbocycles. The van der Waals surface area contributed by atoms with Gasteiger partial charge in [0.05, 0.1) is 0 Å². The molecule has 0 fully saturated rings. The van der Waals surface area contributed by atoms with Crippen LogP contribution in [0.15, 0.2) is 114 Å². The monoisotopic (exact) mass is 465 g/mol. The van der Waals surface area contributed by atoms with Crippen molar-refractivity contribution < 1.29 is 4.42 Å². The van der Waals surface area contributed by atoms with E-state index in [4.69, 9.17) is 4.42 Å². The molecular weight excluding hydrogens is 438 g/mol. The molecule has 2 nitrogen and oxygen atoms in total. The average molecular weight is 466 g/mol. The maximum atomic E-state index is 6.26. The van der Waals surface area contributed by atoms with E-state index in [1.807, 2.05) is 12.1 Å². The zero-order valence-corrected chi connectivity index (χ0v) is 20.7. The lowest BCUT2D eigenvalue weighted by atomic mass is 9.82. The van der Waals surface area contributed by atoms with Gasteiger partial charge in [-0.3, -0.25) is 0 Å². The number of anilines is 2. The number of rotatable bonds is 3. The second-order valence-corrected chi connectivity index (χ2v) is 10.3. The molecule has 0 unspecified atom stereocenters. The Morgan fingerprint density at radius 3 is 2.11 bits per heavy atom. The van der Waals surface area contributed by atoms with Crippen molar-refractivity contribution >= 4 is 33.3 Å². The van der Waals surface area contributed by atoms with E-state index < -0.39 is 0 Å². The minimum absolute atomic E-state index is 0.00208. The van der Waals surface area contributed by atoms with Gasteiger partial charge >= 0.3 is 0 Å². The van der Waals surface area contributed by atoms with Gasteiger partial charge in [0.1, 0.15) is 11.2 Å². The van der Waals surface area contributed by atoms with Gasteiger partial charge in [-0.25, -0.2) is 0 Å². The van der Waals surface area contributed by atoms with Crippen LogP contribution in [0.25, 0.3) is 44.2 Å². The van der Waals surface area contributed by atoms with E-state index in [0.29, 0.717) is 0 Å². The first-order valence-electron chi connectivity index (χ1n) is 12.5. The zero-order valence-electron chi connectivity index (χ0n) is 20.7. The Balaban J connectivity index is 1.24. The summed E-state index contributed by atoms with van der Waals surface area (Å²) in [5, 5.41) is 2.32. The molecule has 0 N–H and O–H groups in total. The van der Waals surface area contributed by atoms with Gasteiger partial charge in [0.2, 0.25) is 0 Å². The number of nitrogens with zero attached hydrogens (tertiary/aromatic N) is 1. The molecule has 5 aromatic carbocycles. The number of benzene rings is 5. The Morgan fingerprint density at radius 1 is 0.583 bits per heavy atom. The van der Waals surface area contributed by atoms with Crippen LogP contribution in [0.3, 0.4) is 0 Å². The van der Waals surface area contributed by atoms with Gasteiger partial charge in [0, 0.05) is 40.2 Å². The summed E-state index contributed by atoms with van der Waals surface area (Å²) in [6.45, 7) is 4.66. The second kappa shape index (κ2) is 7.60. The van der Waals surface area contributed by atoms with Crippen LogP contribution in [-0.2, 0) is 5.41 Å². The molecule has 36 heavy (non-hydrogen) atoms. The highest BCUT2D eigenvalue weighted by molar-refractivity contribution is 6.09. The molecule has 174 valence electrons. The molecule has 7 rings (SSSR count). The van der Waals surface area contributed by atoms with E-state index in [1.54, 1.807) is 0 Å². The lowest BCUT2D eigenvalue weighted by molar-refractivity contribution is 0.660. The number of furan rings is 1. The molecule has 1 aromatic heterocycles. The lowest BCUT2D eigenvalue weighted by Gasteiger charge is -2.25. The summed E-state index contributed by atoms with van der Waals surface area (Å²) in [6.07, 6.45) is 0. The van der Waals surface area contributed by atoms with E-state index in [9.17, 15) is 0 Å². The van der Waals surface area contributed by atoms with Crippen molar-refractivity contribution in [3.63, 3.8) is 0 Å². The summed E-state index contributed by atoms with van der Waals surface area (Å²) in [5.74, 6) is 0. The predicted molar refractivity (Wildman–Crippen MR) is 151 cm³/mol. The number of hydrogen-bond donors (Lipinski definition) is 0. The van der Waals surface area contributed by atoms with Gasteiger partial charge in [-0.15, -0.1) is 0 Å². The highest BCUT2D eigenvalue weighted by atomic mass is 16.3. The first-order valence-corrected chi connectivity index (χ1v) is 12.5. The SMILES string of the molecule is CN(c1ccc(-c2cccc3c2oc2ccccc23)cc1)c1ccc2c(c1)C(C)(C)c1ccccc1-2. The van der Waals surface area contributed by atoms with E-state index >= 15 is 0 Å². The smallest absolute Gasteiger partial charge is 0.143 e. The summed E-state index contributed by atoms with van der Waals surface area (Å²) in [4.78, 5) is 2.27. The number of hydrogen-bond acceptors (Lipinski definition) is 2. The van der Waals surface area contributed by atoms with Crippen LogP contribution in [0.4, 0.5) is 11.4 Å². The Hall–Kier alpha value is -4.30. The third kappa shape index (κ3) is 2.97. The van der Waals surface area contributed by atoms with Crippen molar-refractivity contribution in [3.8, 4) is 22.3 Å². The summed E-state index contributed by atoms with van der Waals surface area (Å²) in [5.41, 5.74) is 12.0. The van der Waals surface area contributed by atoms with Crippen LogP contribution < -0.4 is 4.90 Å². The molecular formula is C34H27NO. The Morgan fingerprint density at radius 2 is 1.25 bits per heavy atom. The van der Waals surface area contributed by atoms with Gasteiger partial charge in [0.25, 0.3) is 0 Å². The molecule has 0 atom stereocenters. The van der Waals surface area contributed by atoms with Gasteiger partial charge in [-0.2, -0.15) is 0 Å². The maximum absolute atomic E-state index is 6.26. The molecule has 0 bridgehead atoms. The maximum Gasteiger partial charge on any atom is 0.143 e. The Labute approximate surface area is 211 Å². The summed E-state index contributed by atoms with van der Waals surface area (Å²) < 4.78 is 6.26. The second-order valence-electron chi connectivity index (χ2n) is 10.3. The standard InChI is InChI=1S/C34H27NO/c1-34(2)30-13-6-4-9-26(30)27-20-19-24(21-31(27)34)35(3)23-17-15-22(16-18-23)25-11-8-12-29-28-10-5-7-14-32(28)36-33(25)29/h4-21H,1-3H3. The quantitative estimate of drug-likeness (QED) is 0.259. The molecule has 0 radical (unpaired) electrons. The molecule has 1 aliphatic carbocycles.